The molecule has 3 heterocycles. The lowest BCUT2D eigenvalue weighted by atomic mass is 9.95. The maximum Gasteiger partial charge on any atom is 0.244 e. The third-order valence-corrected chi connectivity index (χ3v) is 8.26. The van der Waals surface area contributed by atoms with E-state index in [0.717, 1.165) is 54.9 Å². The Morgan fingerprint density at radius 2 is 1.76 bits per heavy atom. The predicted octanol–water partition coefficient (Wildman–Crippen LogP) is 2.39. The summed E-state index contributed by atoms with van der Waals surface area (Å²) < 4.78 is 29.1. The van der Waals surface area contributed by atoms with Gasteiger partial charge in [0.15, 0.2) is 0 Å². The Morgan fingerprint density at radius 3 is 2.55 bits per heavy atom. The van der Waals surface area contributed by atoms with E-state index in [-0.39, 0.29) is 12.5 Å². The number of fused-ring (bicyclic) bond motifs is 2. The van der Waals surface area contributed by atoms with Crippen molar-refractivity contribution in [2.45, 2.75) is 43.2 Å². The van der Waals surface area contributed by atoms with E-state index in [0.29, 0.717) is 17.7 Å². The van der Waals surface area contributed by atoms with Gasteiger partial charge in [-0.15, -0.1) is 0 Å². The zero-order valence-corrected chi connectivity index (χ0v) is 17.1. The molecule has 1 unspecified atom stereocenters. The Hall–Kier alpha value is -2.38. The van der Waals surface area contributed by atoms with Gasteiger partial charge in [-0.25, -0.2) is 8.42 Å². The van der Waals surface area contributed by atoms with Gasteiger partial charge >= 0.3 is 0 Å². The highest BCUT2D eigenvalue weighted by Crippen LogP contribution is 2.35. The SMILES string of the molecule is O=C(C1Cc2ccccc2CN1S(=O)(=O)c1cccc2c1CCN2)N1CCCC1. The fourth-order valence-corrected chi connectivity index (χ4v) is 6.62. The highest BCUT2D eigenvalue weighted by molar-refractivity contribution is 7.89. The van der Waals surface area contributed by atoms with Gasteiger partial charge in [-0.1, -0.05) is 30.3 Å². The Morgan fingerprint density at radius 1 is 1.00 bits per heavy atom. The van der Waals surface area contributed by atoms with Crippen LogP contribution in [0.25, 0.3) is 0 Å². The number of amides is 1. The number of carbonyl (C=O) groups is 1. The van der Waals surface area contributed by atoms with E-state index in [2.05, 4.69) is 5.32 Å². The lowest BCUT2D eigenvalue weighted by molar-refractivity contribution is -0.134. The van der Waals surface area contributed by atoms with Gasteiger partial charge in [0, 0.05) is 31.9 Å². The maximum absolute atomic E-state index is 13.8. The van der Waals surface area contributed by atoms with Gasteiger partial charge in [0.2, 0.25) is 15.9 Å². The fraction of sp³-hybridized carbons (Fsp3) is 0.409. The van der Waals surface area contributed by atoms with Crippen LogP contribution in [0.4, 0.5) is 5.69 Å². The van der Waals surface area contributed by atoms with E-state index in [1.807, 2.05) is 35.2 Å². The molecule has 7 heteroatoms. The molecule has 2 aromatic rings. The second-order valence-corrected chi connectivity index (χ2v) is 9.89. The van der Waals surface area contributed by atoms with Crippen LogP contribution in [0.1, 0.15) is 29.5 Å². The molecule has 1 N–H and O–H groups in total. The average Bonchev–Trinajstić information content (AvgIpc) is 3.43. The molecule has 0 spiro atoms. The van der Waals surface area contributed by atoms with Gasteiger partial charge in [-0.05, 0) is 54.5 Å². The molecule has 1 atom stereocenters. The molecule has 5 rings (SSSR count). The monoisotopic (exact) mass is 411 g/mol. The quantitative estimate of drug-likeness (QED) is 0.842. The molecular weight excluding hydrogens is 386 g/mol. The molecule has 3 aliphatic rings. The van der Waals surface area contributed by atoms with Crippen molar-refractivity contribution >= 4 is 21.6 Å². The Kier molecular flexibility index (Phi) is 4.59. The summed E-state index contributed by atoms with van der Waals surface area (Å²) in [6, 6.07) is 12.5. The standard InChI is InChI=1S/C22H25N3O3S/c26-22(24-12-3-4-13-24)20-14-16-6-1-2-7-17(16)15-25(20)29(27,28)21-9-5-8-19-18(21)10-11-23-19/h1-2,5-9,20,23H,3-4,10-15H2. The van der Waals surface area contributed by atoms with E-state index in [9.17, 15) is 13.2 Å². The summed E-state index contributed by atoms with van der Waals surface area (Å²) in [6.07, 6.45) is 3.08. The summed E-state index contributed by atoms with van der Waals surface area (Å²) in [4.78, 5) is 15.5. The van der Waals surface area contributed by atoms with Crippen molar-refractivity contribution in [2.24, 2.45) is 0 Å². The molecule has 6 nitrogen and oxygen atoms in total. The highest BCUT2D eigenvalue weighted by Gasteiger charge is 2.42. The number of hydrogen-bond donors (Lipinski definition) is 1. The lowest BCUT2D eigenvalue weighted by Crippen LogP contribution is -2.53. The minimum absolute atomic E-state index is 0.0636. The van der Waals surface area contributed by atoms with E-state index in [1.54, 1.807) is 12.1 Å². The van der Waals surface area contributed by atoms with Crippen molar-refractivity contribution in [3.63, 3.8) is 0 Å². The van der Waals surface area contributed by atoms with E-state index in [4.69, 9.17) is 0 Å². The zero-order chi connectivity index (χ0) is 20.0. The van der Waals surface area contributed by atoms with E-state index < -0.39 is 16.1 Å². The first kappa shape index (κ1) is 18.6. The predicted molar refractivity (Wildman–Crippen MR) is 111 cm³/mol. The lowest BCUT2D eigenvalue weighted by Gasteiger charge is -2.37. The number of carbonyl (C=O) groups excluding carboxylic acids is 1. The minimum Gasteiger partial charge on any atom is -0.384 e. The number of likely N-dealkylation sites (tertiary alicyclic amines) is 1. The molecule has 1 amide bonds. The second kappa shape index (κ2) is 7.15. The van der Waals surface area contributed by atoms with Crippen LogP contribution in [0, 0.1) is 0 Å². The first-order valence-corrected chi connectivity index (χ1v) is 11.7. The second-order valence-electron chi connectivity index (χ2n) is 8.03. The fourth-order valence-electron chi connectivity index (χ4n) is 4.79. The molecule has 152 valence electrons. The molecule has 0 aromatic heterocycles. The van der Waals surface area contributed by atoms with Gasteiger partial charge in [0.25, 0.3) is 0 Å². The summed E-state index contributed by atoms with van der Waals surface area (Å²) in [7, 11) is -3.81. The molecular formula is C22H25N3O3S. The van der Waals surface area contributed by atoms with Crippen LogP contribution in [-0.4, -0.2) is 49.2 Å². The number of benzene rings is 2. The van der Waals surface area contributed by atoms with Crippen LogP contribution < -0.4 is 5.32 Å². The van der Waals surface area contributed by atoms with Gasteiger partial charge in [-0.2, -0.15) is 4.31 Å². The Labute approximate surface area is 171 Å². The zero-order valence-electron chi connectivity index (χ0n) is 16.3. The summed E-state index contributed by atoms with van der Waals surface area (Å²) in [6.45, 7) is 2.41. The van der Waals surface area contributed by atoms with Crippen LogP contribution in [0.2, 0.25) is 0 Å². The smallest absolute Gasteiger partial charge is 0.244 e. The van der Waals surface area contributed by atoms with E-state index >= 15 is 0 Å². The number of nitrogens with zero attached hydrogens (tertiary/aromatic N) is 2. The largest absolute Gasteiger partial charge is 0.384 e. The van der Waals surface area contributed by atoms with Crippen molar-refractivity contribution in [3.8, 4) is 0 Å². The number of nitrogens with one attached hydrogen (secondary N) is 1. The molecule has 1 fully saturated rings. The molecule has 3 aliphatic heterocycles. The van der Waals surface area contributed by atoms with Crippen molar-refractivity contribution in [3.05, 3.63) is 59.2 Å². The van der Waals surface area contributed by atoms with Crippen LogP contribution in [-0.2, 0) is 34.2 Å². The number of rotatable bonds is 3. The summed E-state index contributed by atoms with van der Waals surface area (Å²) in [5, 5.41) is 3.25. The average molecular weight is 412 g/mol. The summed E-state index contributed by atoms with van der Waals surface area (Å²) in [5.74, 6) is -0.0636. The first-order chi connectivity index (χ1) is 14.1. The highest BCUT2D eigenvalue weighted by atomic mass is 32.2. The minimum atomic E-state index is -3.81. The maximum atomic E-state index is 13.8. The summed E-state index contributed by atoms with van der Waals surface area (Å²) >= 11 is 0. The number of hydrogen-bond acceptors (Lipinski definition) is 4. The molecule has 2 aromatic carbocycles. The van der Waals surface area contributed by atoms with Gasteiger partial charge in [0.05, 0.1) is 4.90 Å². The normalized spacial score (nSPS) is 21.5. The Bertz CT molecular complexity index is 1060. The van der Waals surface area contributed by atoms with Gasteiger partial charge in [0.1, 0.15) is 6.04 Å². The number of sulfonamides is 1. The van der Waals surface area contributed by atoms with Crippen LogP contribution in [0.3, 0.4) is 0 Å². The van der Waals surface area contributed by atoms with Crippen LogP contribution >= 0.6 is 0 Å². The molecule has 0 radical (unpaired) electrons. The summed E-state index contributed by atoms with van der Waals surface area (Å²) in [5.41, 5.74) is 3.76. The van der Waals surface area contributed by atoms with Gasteiger partial charge in [-0.3, -0.25) is 4.79 Å². The van der Waals surface area contributed by atoms with E-state index in [1.165, 1.54) is 4.31 Å². The molecule has 0 aliphatic carbocycles. The molecule has 0 saturated carbocycles. The third-order valence-electron chi connectivity index (χ3n) is 6.32. The van der Waals surface area contributed by atoms with Gasteiger partial charge < -0.3 is 10.2 Å². The van der Waals surface area contributed by atoms with Crippen LogP contribution in [0.5, 0.6) is 0 Å². The third kappa shape index (κ3) is 3.13. The number of anilines is 1. The van der Waals surface area contributed by atoms with Crippen LogP contribution in [0.15, 0.2) is 47.4 Å². The molecule has 1 saturated heterocycles. The molecule has 29 heavy (non-hydrogen) atoms. The Balaban J connectivity index is 1.58. The van der Waals surface area contributed by atoms with Crippen molar-refractivity contribution < 1.29 is 13.2 Å². The van der Waals surface area contributed by atoms with Crippen molar-refractivity contribution in [2.75, 3.05) is 25.0 Å². The topological polar surface area (TPSA) is 69.7 Å². The van der Waals surface area contributed by atoms with Crippen molar-refractivity contribution in [1.29, 1.82) is 0 Å². The molecule has 0 bridgehead atoms. The van der Waals surface area contributed by atoms with Crippen molar-refractivity contribution in [1.82, 2.24) is 9.21 Å². The first-order valence-electron chi connectivity index (χ1n) is 10.3.